The van der Waals surface area contributed by atoms with Crippen LogP contribution in [0.2, 0.25) is 0 Å². The highest BCUT2D eigenvalue weighted by Gasteiger charge is 2.16. The van der Waals surface area contributed by atoms with Crippen molar-refractivity contribution in [3.63, 3.8) is 0 Å². The quantitative estimate of drug-likeness (QED) is 0.806. The summed E-state index contributed by atoms with van der Waals surface area (Å²) in [4.78, 5) is 17.6. The van der Waals surface area contributed by atoms with Gasteiger partial charge in [-0.05, 0) is 24.6 Å². The van der Waals surface area contributed by atoms with Crippen molar-refractivity contribution in [3.05, 3.63) is 52.8 Å². The molecule has 21 heavy (non-hydrogen) atoms. The molecule has 6 heteroatoms. The highest BCUT2D eigenvalue weighted by Crippen LogP contribution is 2.17. The SMILES string of the molecule is COc1cccc(CNC(=O)c2c(C)nc3sccn23)c1. The Balaban J connectivity index is 1.77. The van der Waals surface area contributed by atoms with Gasteiger partial charge >= 0.3 is 0 Å². The second kappa shape index (κ2) is 5.57. The predicted molar refractivity (Wildman–Crippen MR) is 82.0 cm³/mol. The summed E-state index contributed by atoms with van der Waals surface area (Å²) in [7, 11) is 1.63. The summed E-state index contributed by atoms with van der Waals surface area (Å²) in [5, 5.41) is 4.84. The summed E-state index contributed by atoms with van der Waals surface area (Å²) in [6, 6.07) is 7.64. The van der Waals surface area contributed by atoms with Crippen LogP contribution in [-0.4, -0.2) is 22.4 Å². The fourth-order valence-corrected chi connectivity index (χ4v) is 2.98. The van der Waals surface area contributed by atoms with Crippen molar-refractivity contribution < 1.29 is 9.53 Å². The van der Waals surface area contributed by atoms with Gasteiger partial charge in [0.15, 0.2) is 4.96 Å². The number of imidazole rings is 1. The van der Waals surface area contributed by atoms with Gasteiger partial charge in [-0.3, -0.25) is 9.20 Å². The van der Waals surface area contributed by atoms with Gasteiger partial charge in [0.05, 0.1) is 12.8 Å². The molecule has 108 valence electrons. The Hall–Kier alpha value is -2.34. The van der Waals surface area contributed by atoms with E-state index in [-0.39, 0.29) is 5.91 Å². The van der Waals surface area contributed by atoms with Gasteiger partial charge in [-0.15, -0.1) is 11.3 Å². The maximum Gasteiger partial charge on any atom is 0.270 e. The number of hydrogen-bond acceptors (Lipinski definition) is 4. The molecule has 5 nitrogen and oxygen atoms in total. The lowest BCUT2D eigenvalue weighted by atomic mass is 10.2. The second-order valence-corrected chi connectivity index (χ2v) is 5.51. The number of aromatic nitrogens is 2. The lowest BCUT2D eigenvalue weighted by Gasteiger charge is -2.07. The number of nitrogens with one attached hydrogen (secondary N) is 1. The highest BCUT2D eigenvalue weighted by molar-refractivity contribution is 7.15. The molecule has 0 saturated heterocycles. The van der Waals surface area contributed by atoms with E-state index in [4.69, 9.17) is 4.74 Å². The standard InChI is InChI=1S/C15H15N3O2S/c1-10-13(18-6-7-21-15(18)17-10)14(19)16-9-11-4-3-5-12(8-11)20-2/h3-8H,9H2,1-2H3,(H,16,19). The zero-order valence-corrected chi connectivity index (χ0v) is 12.6. The molecule has 1 aromatic carbocycles. The number of carbonyl (C=O) groups excluding carboxylic acids is 1. The van der Waals surface area contributed by atoms with Gasteiger partial charge in [-0.1, -0.05) is 12.1 Å². The van der Waals surface area contributed by atoms with Crippen molar-refractivity contribution in [2.45, 2.75) is 13.5 Å². The Bertz CT molecular complexity index is 791. The van der Waals surface area contributed by atoms with Crippen LogP contribution in [-0.2, 0) is 6.54 Å². The molecule has 2 aromatic heterocycles. The highest BCUT2D eigenvalue weighted by atomic mass is 32.1. The molecule has 0 bridgehead atoms. The van der Waals surface area contributed by atoms with Crippen molar-refractivity contribution in [3.8, 4) is 5.75 Å². The molecule has 0 aliphatic heterocycles. The van der Waals surface area contributed by atoms with E-state index in [0.717, 1.165) is 22.0 Å². The van der Waals surface area contributed by atoms with E-state index < -0.39 is 0 Å². The first-order valence-electron chi connectivity index (χ1n) is 6.52. The number of ether oxygens (including phenoxy) is 1. The molecule has 0 spiro atoms. The van der Waals surface area contributed by atoms with Crippen LogP contribution in [0.5, 0.6) is 5.75 Å². The average Bonchev–Trinajstić information content (AvgIpc) is 3.04. The third kappa shape index (κ3) is 2.62. The van der Waals surface area contributed by atoms with E-state index in [1.165, 1.54) is 11.3 Å². The molecule has 2 heterocycles. The predicted octanol–water partition coefficient (Wildman–Crippen LogP) is 2.64. The first-order valence-corrected chi connectivity index (χ1v) is 7.40. The minimum absolute atomic E-state index is 0.124. The van der Waals surface area contributed by atoms with Crippen molar-refractivity contribution in [2.24, 2.45) is 0 Å². The van der Waals surface area contributed by atoms with Gasteiger partial charge in [0, 0.05) is 18.1 Å². The van der Waals surface area contributed by atoms with Crippen LogP contribution >= 0.6 is 11.3 Å². The van der Waals surface area contributed by atoms with Crippen LogP contribution in [0.25, 0.3) is 4.96 Å². The topological polar surface area (TPSA) is 55.6 Å². The van der Waals surface area contributed by atoms with Crippen LogP contribution in [0.15, 0.2) is 35.8 Å². The van der Waals surface area contributed by atoms with Crippen LogP contribution in [0.4, 0.5) is 0 Å². The van der Waals surface area contributed by atoms with Crippen molar-refractivity contribution >= 4 is 22.2 Å². The first-order chi connectivity index (χ1) is 10.2. The molecule has 0 aliphatic rings. The summed E-state index contributed by atoms with van der Waals surface area (Å²) in [5.41, 5.74) is 2.32. The number of carbonyl (C=O) groups is 1. The van der Waals surface area contributed by atoms with E-state index in [0.29, 0.717) is 12.2 Å². The maximum atomic E-state index is 12.4. The maximum absolute atomic E-state index is 12.4. The van der Waals surface area contributed by atoms with Gasteiger partial charge in [0.1, 0.15) is 11.4 Å². The number of benzene rings is 1. The summed E-state index contributed by atoms with van der Waals surface area (Å²) in [6.45, 7) is 2.30. The Morgan fingerprint density at radius 3 is 3.14 bits per heavy atom. The molecule has 0 atom stereocenters. The number of aryl methyl sites for hydroxylation is 1. The Morgan fingerprint density at radius 2 is 2.33 bits per heavy atom. The van der Waals surface area contributed by atoms with Gasteiger partial charge < -0.3 is 10.1 Å². The van der Waals surface area contributed by atoms with Crippen LogP contribution in [0.1, 0.15) is 21.7 Å². The van der Waals surface area contributed by atoms with Crippen LogP contribution in [0, 0.1) is 6.92 Å². The molecule has 0 fully saturated rings. The van der Waals surface area contributed by atoms with Gasteiger partial charge in [-0.25, -0.2) is 4.98 Å². The molecule has 0 saturated carbocycles. The van der Waals surface area contributed by atoms with Crippen molar-refractivity contribution in [1.29, 1.82) is 0 Å². The molecule has 0 unspecified atom stereocenters. The summed E-state index contributed by atoms with van der Waals surface area (Å²) in [5.74, 6) is 0.656. The number of thiazole rings is 1. The number of hydrogen-bond donors (Lipinski definition) is 1. The van der Waals surface area contributed by atoms with E-state index in [1.807, 2.05) is 47.2 Å². The number of rotatable bonds is 4. The monoisotopic (exact) mass is 301 g/mol. The molecule has 0 aliphatic carbocycles. The zero-order valence-electron chi connectivity index (χ0n) is 11.8. The molecule has 1 amide bonds. The third-order valence-electron chi connectivity index (χ3n) is 3.24. The minimum Gasteiger partial charge on any atom is -0.497 e. The number of fused-ring (bicyclic) bond motifs is 1. The summed E-state index contributed by atoms with van der Waals surface area (Å²) in [6.07, 6.45) is 1.86. The minimum atomic E-state index is -0.124. The fraction of sp³-hybridized carbons (Fsp3) is 0.200. The summed E-state index contributed by atoms with van der Waals surface area (Å²) < 4.78 is 7.00. The molecule has 1 N–H and O–H groups in total. The van der Waals surface area contributed by atoms with Gasteiger partial charge in [0.2, 0.25) is 0 Å². The fourth-order valence-electron chi connectivity index (χ4n) is 2.22. The van der Waals surface area contributed by atoms with Gasteiger partial charge in [-0.2, -0.15) is 0 Å². The Kier molecular flexibility index (Phi) is 3.62. The third-order valence-corrected chi connectivity index (χ3v) is 4.00. The molecular formula is C15H15N3O2S. The average molecular weight is 301 g/mol. The van der Waals surface area contributed by atoms with Crippen molar-refractivity contribution in [2.75, 3.05) is 7.11 Å². The Morgan fingerprint density at radius 1 is 1.48 bits per heavy atom. The van der Waals surface area contributed by atoms with Crippen molar-refractivity contribution in [1.82, 2.24) is 14.7 Å². The van der Waals surface area contributed by atoms with Crippen LogP contribution in [0.3, 0.4) is 0 Å². The largest absolute Gasteiger partial charge is 0.497 e. The molecule has 0 radical (unpaired) electrons. The number of amides is 1. The van der Waals surface area contributed by atoms with E-state index in [1.54, 1.807) is 7.11 Å². The zero-order chi connectivity index (χ0) is 14.8. The molecule has 3 rings (SSSR count). The number of methoxy groups -OCH3 is 1. The van der Waals surface area contributed by atoms with E-state index >= 15 is 0 Å². The molecular weight excluding hydrogens is 286 g/mol. The lowest BCUT2D eigenvalue weighted by molar-refractivity contribution is 0.0944. The first kappa shape index (κ1) is 13.6. The van der Waals surface area contributed by atoms with E-state index in [2.05, 4.69) is 10.3 Å². The van der Waals surface area contributed by atoms with Crippen LogP contribution < -0.4 is 10.1 Å². The van der Waals surface area contributed by atoms with E-state index in [9.17, 15) is 4.79 Å². The molecule has 3 aromatic rings. The Labute approximate surface area is 126 Å². The number of nitrogens with zero attached hydrogens (tertiary/aromatic N) is 2. The normalized spacial score (nSPS) is 10.8. The second-order valence-electron chi connectivity index (χ2n) is 4.64. The smallest absolute Gasteiger partial charge is 0.270 e. The summed E-state index contributed by atoms with van der Waals surface area (Å²) >= 11 is 1.51. The van der Waals surface area contributed by atoms with Gasteiger partial charge in [0.25, 0.3) is 5.91 Å². The lowest BCUT2D eigenvalue weighted by Crippen LogP contribution is -2.24.